The minimum atomic E-state index is 1.19. The Morgan fingerprint density at radius 1 is 0.727 bits per heavy atom. The van der Waals surface area contributed by atoms with Crippen molar-refractivity contribution in [2.24, 2.45) is 0 Å². The van der Waals surface area contributed by atoms with Crippen LogP contribution >= 0.6 is 0 Å². The van der Waals surface area contributed by atoms with Gasteiger partial charge in [-0.2, -0.15) is 0 Å². The van der Waals surface area contributed by atoms with Crippen LogP contribution in [0.15, 0.2) is 35.9 Å². The zero-order valence-electron chi connectivity index (χ0n) is 14.9. The monoisotopic (exact) mass is 300 g/mol. The molecule has 1 rings (SSSR count). The lowest BCUT2D eigenvalue weighted by Gasteiger charge is -2.06. The van der Waals surface area contributed by atoms with Crippen molar-refractivity contribution >= 4 is 6.08 Å². The van der Waals surface area contributed by atoms with Crippen molar-refractivity contribution in [3.8, 4) is 0 Å². The fraction of sp³-hybridized carbons (Fsp3) is 0.636. The lowest BCUT2D eigenvalue weighted by atomic mass is 10.0. The zero-order valence-corrected chi connectivity index (χ0v) is 14.9. The molecule has 0 atom stereocenters. The second-order valence-electron chi connectivity index (χ2n) is 6.50. The molecule has 0 radical (unpaired) electrons. The molecule has 0 aliphatic rings. The van der Waals surface area contributed by atoms with Crippen LogP contribution in [0.2, 0.25) is 0 Å². The SMILES string of the molecule is CCCCCCCCCCCCC(=Cc1ccccc1)CC. The number of hydrogen-bond acceptors (Lipinski definition) is 0. The summed E-state index contributed by atoms with van der Waals surface area (Å²) < 4.78 is 0. The van der Waals surface area contributed by atoms with E-state index in [-0.39, 0.29) is 0 Å². The summed E-state index contributed by atoms with van der Waals surface area (Å²) in [5, 5.41) is 0. The molecule has 0 aliphatic carbocycles. The van der Waals surface area contributed by atoms with Gasteiger partial charge in [-0.1, -0.05) is 114 Å². The molecule has 0 bridgehead atoms. The first-order chi connectivity index (χ1) is 10.9. The van der Waals surface area contributed by atoms with E-state index in [9.17, 15) is 0 Å². The fourth-order valence-corrected chi connectivity index (χ4v) is 2.98. The Kier molecular flexibility index (Phi) is 11.8. The van der Waals surface area contributed by atoms with Crippen molar-refractivity contribution in [1.82, 2.24) is 0 Å². The summed E-state index contributed by atoms with van der Waals surface area (Å²) in [6, 6.07) is 10.7. The number of allylic oxidation sites excluding steroid dienone is 1. The summed E-state index contributed by atoms with van der Waals surface area (Å²) in [6.45, 7) is 4.57. The minimum Gasteiger partial charge on any atom is -0.0699 e. The van der Waals surface area contributed by atoms with Gasteiger partial charge in [-0.25, -0.2) is 0 Å². The van der Waals surface area contributed by atoms with Crippen LogP contribution in [0.3, 0.4) is 0 Å². The maximum atomic E-state index is 2.38. The van der Waals surface area contributed by atoms with E-state index in [4.69, 9.17) is 0 Å². The van der Waals surface area contributed by atoms with Gasteiger partial charge in [0.2, 0.25) is 0 Å². The second-order valence-corrected chi connectivity index (χ2v) is 6.50. The van der Waals surface area contributed by atoms with Crippen LogP contribution in [0.5, 0.6) is 0 Å². The molecule has 0 fully saturated rings. The van der Waals surface area contributed by atoms with E-state index in [1.54, 1.807) is 5.57 Å². The third-order valence-corrected chi connectivity index (χ3v) is 4.48. The highest BCUT2D eigenvalue weighted by molar-refractivity contribution is 5.52. The van der Waals surface area contributed by atoms with Crippen LogP contribution in [0.25, 0.3) is 6.08 Å². The molecule has 0 N–H and O–H groups in total. The standard InChI is InChI=1S/C22H36/c1-3-5-6-7-8-9-10-11-12-14-17-21(4-2)20-22-18-15-13-16-19-22/h13,15-16,18-20H,3-12,14,17H2,1-2H3. The minimum absolute atomic E-state index is 1.19. The molecule has 124 valence electrons. The summed E-state index contributed by atoms with van der Waals surface area (Å²) in [5.74, 6) is 0. The number of hydrogen-bond donors (Lipinski definition) is 0. The molecule has 0 amide bonds. The average Bonchev–Trinajstić information content (AvgIpc) is 2.56. The van der Waals surface area contributed by atoms with Crippen LogP contribution < -0.4 is 0 Å². The summed E-state index contributed by atoms with van der Waals surface area (Å²) in [4.78, 5) is 0. The summed E-state index contributed by atoms with van der Waals surface area (Å²) >= 11 is 0. The predicted octanol–water partition coefficient (Wildman–Crippen LogP) is 7.79. The Morgan fingerprint density at radius 3 is 1.82 bits per heavy atom. The first-order valence-corrected chi connectivity index (χ1v) is 9.61. The molecule has 0 unspecified atom stereocenters. The van der Waals surface area contributed by atoms with Crippen LogP contribution in [-0.2, 0) is 0 Å². The lowest BCUT2D eigenvalue weighted by molar-refractivity contribution is 0.555. The van der Waals surface area contributed by atoms with Crippen LogP contribution in [0, 0.1) is 0 Å². The molecule has 0 aliphatic heterocycles. The van der Waals surface area contributed by atoms with Gasteiger partial charge in [0.15, 0.2) is 0 Å². The highest BCUT2D eigenvalue weighted by Crippen LogP contribution is 2.18. The first kappa shape index (κ1) is 19.0. The number of unbranched alkanes of at least 4 members (excludes halogenated alkanes) is 9. The molecule has 0 heteroatoms. The summed E-state index contributed by atoms with van der Waals surface area (Å²) in [5.41, 5.74) is 2.96. The molecule has 0 saturated heterocycles. The highest BCUT2D eigenvalue weighted by Gasteiger charge is 1.97. The van der Waals surface area contributed by atoms with Gasteiger partial charge in [0.1, 0.15) is 0 Å². The van der Waals surface area contributed by atoms with E-state index in [0.29, 0.717) is 0 Å². The van der Waals surface area contributed by atoms with Gasteiger partial charge in [0.05, 0.1) is 0 Å². The molecule has 0 saturated carbocycles. The van der Waals surface area contributed by atoms with E-state index in [1.165, 1.54) is 82.6 Å². The fourth-order valence-electron chi connectivity index (χ4n) is 2.98. The van der Waals surface area contributed by atoms with Crippen LogP contribution in [0.4, 0.5) is 0 Å². The van der Waals surface area contributed by atoms with E-state index in [0.717, 1.165) is 0 Å². The van der Waals surface area contributed by atoms with Crippen molar-refractivity contribution in [3.63, 3.8) is 0 Å². The number of benzene rings is 1. The first-order valence-electron chi connectivity index (χ1n) is 9.61. The maximum Gasteiger partial charge on any atom is -0.0257 e. The molecular weight excluding hydrogens is 264 g/mol. The van der Waals surface area contributed by atoms with E-state index >= 15 is 0 Å². The van der Waals surface area contributed by atoms with Crippen molar-refractivity contribution in [1.29, 1.82) is 0 Å². The Balaban J connectivity index is 2.04. The van der Waals surface area contributed by atoms with Crippen LogP contribution in [-0.4, -0.2) is 0 Å². The Bertz CT molecular complexity index is 374. The summed E-state index contributed by atoms with van der Waals surface area (Å²) in [7, 11) is 0. The van der Waals surface area contributed by atoms with Crippen LogP contribution in [0.1, 0.15) is 96.5 Å². The van der Waals surface area contributed by atoms with Gasteiger partial charge in [-0.3, -0.25) is 0 Å². The van der Waals surface area contributed by atoms with Gasteiger partial charge >= 0.3 is 0 Å². The average molecular weight is 301 g/mol. The zero-order chi connectivity index (χ0) is 15.9. The molecule has 0 spiro atoms. The maximum absolute atomic E-state index is 2.38. The van der Waals surface area contributed by atoms with Gasteiger partial charge in [0, 0.05) is 0 Å². The Hall–Kier alpha value is -1.04. The second kappa shape index (κ2) is 13.6. The normalized spacial score (nSPS) is 11.8. The van der Waals surface area contributed by atoms with E-state index in [1.807, 2.05) is 0 Å². The molecule has 1 aromatic rings. The van der Waals surface area contributed by atoms with E-state index < -0.39 is 0 Å². The predicted molar refractivity (Wildman–Crippen MR) is 101 cm³/mol. The quantitative estimate of drug-likeness (QED) is 0.326. The van der Waals surface area contributed by atoms with E-state index in [2.05, 4.69) is 50.3 Å². The third-order valence-electron chi connectivity index (χ3n) is 4.48. The van der Waals surface area contributed by atoms with Crippen molar-refractivity contribution in [2.45, 2.75) is 90.9 Å². The molecule has 1 aromatic carbocycles. The lowest BCUT2D eigenvalue weighted by Crippen LogP contribution is -1.85. The Morgan fingerprint density at radius 2 is 1.27 bits per heavy atom. The molecule has 0 nitrogen and oxygen atoms in total. The number of rotatable bonds is 13. The summed E-state index contributed by atoms with van der Waals surface area (Å²) in [6.07, 6.45) is 19.1. The highest BCUT2D eigenvalue weighted by atomic mass is 14.0. The van der Waals surface area contributed by atoms with Gasteiger partial charge < -0.3 is 0 Å². The molecule has 0 heterocycles. The smallest absolute Gasteiger partial charge is 0.0257 e. The van der Waals surface area contributed by atoms with Gasteiger partial charge in [-0.05, 0) is 24.8 Å². The molecule has 0 aromatic heterocycles. The van der Waals surface area contributed by atoms with Crippen molar-refractivity contribution in [2.75, 3.05) is 0 Å². The van der Waals surface area contributed by atoms with Crippen molar-refractivity contribution in [3.05, 3.63) is 41.5 Å². The van der Waals surface area contributed by atoms with Gasteiger partial charge in [0.25, 0.3) is 0 Å². The Labute approximate surface area is 139 Å². The van der Waals surface area contributed by atoms with Crippen molar-refractivity contribution < 1.29 is 0 Å². The topological polar surface area (TPSA) is 0 Å². The van der Waals surface area contributed by atoms with Gasteiger partial charge in [-0.15, -0.1) is 0 Å². The molecule has 22 heavy (non-hydrogen) atoms. The molecular formula is C22H36. The third kappa shape index (κ3) is 9.82. The largest absolute Gasteiger partial charge is 0.0699 e.